The normalized spacial score (nSPS) is 35.7. The molecule has 6 atom stereocenters. The van der Waals surface area contributed by atoms with Crippen molar-refractivity contribution in [1.29, 1.82) is 0 Å². The van der Waals surface area contributed by atoms with E-state index in [2.05, 4.69) is 34.3 Å². The van der Waals surface area contributed by atoms with E-state index in [1.54, 1.807) is 18.7 Å². The van der Waals surface area contributed by atoms with E-state index in [0.29, 0.717) is 6.04 Å². The molecule has 172 valence electrons. The predicted octanol–water partition coefficient (Wildman–Crippen LogP) is 0.407. The van der Waals surface area contributed by atoms with Crippen molar-refractivity contribution >= 4 is 23.6 Å². The van der Waals surface area contributed by atoms with E-state index in [1.165, 1.54) is 4.90 Å². The summed E-state index contributed by atoms with van der Waals surface area (Å²) in [5.41, 5.74) is 0.124. The molecule has 3 saturated heterocycles. The molecule has 0 bridgehead atoms. The Kier molecular flexibility index (Phi) is 6.79. The lowest BCUT2D eigenvalue weighted by Gasteiger charge is -2.46. The van der Waals surface area contributed by atoms with Crippen LogP contribution in [0.5, 0.6) is 0 Å². The quantitative estimate of drug-likeness (QED) is 0.379. The lowest BCUT2D eigenvalue weighted by Crippen LogP contribution is -2.63. The van der Waals surface area contributed by atoms with Crippen molar-refractivity contribution in [3.8, 4) is 0 Å². The van der Waals surface area contributed by atoms with Gasteiger partial charge in [0.1, 0.15) is 5.70 Å². The summed E-state index contributed by atoms with van der Waals surface area (Å²) in [6.45, 7) is 9.81. The van der Waals surface area contributed by atoms with Crippen molar-refractivity contribution in [2.75, 3.05) is 46.3 Å². The largest absolute Gasteiger partial charge is 0.477 e. The summed E-state index contributed by atoms with van der Waals surface area (Å²) >= 11 is 1.60. The number of hydrogen-bond donors (Lipinski definition) is 3. The second kappa shape index (κ2) is 9.23. The fourth-order valence-electron chi connectivity index (χ4n) is 5.23. The van der Waals surface area contributed by atoms with Crippen LogP contribution in [0.3, 0.4) is 0 Å². The van der Waals surface area contributed by atoms with Gasteiger partial charge >= 0.3 is 5.97 Å². The maximum atomic E-state index is 12.5. The number of thioether (sulfide) groups is 1. The van der Waals surface area contributed by atoms with Gasteiger partial charge in [0.2, 0.25) is 5.91 Å². The number of amides is 1. The number of fused-ring (bicyclic) bond motifs is 1. The number of carbonyl (C=O) groups excluding carboxylic acids is 1. The second-order valence-electron chi connectivity index (χ2n) is 9.29. The van der Waals surface area contributed by atoms with Gasteiger partial charge in [-0.1, -0.05) is 19.1 Å². The first kappa shape index (κ1) is 22.8. The van der Waals surface area contributed by atoms with Gasteiger partial charge in [-0.15, -0.1) is 11.8 Å². The third kappa shape index (κ3) is 4.43. The van der Waals surface area contributed by atoms with Gasteiger partial charge in [0.15, 0.2) is 0 Å². The number of likely N-dealkylation sites (N-methyl/N-ethyl adjacent to an activating group) is 1. The number of aliphatic carboxylic acids is 1. The van der Waals surface area contributed by atoms with Crippen LogP contribution in [-0.4, -0.2) is 107 Å². The van der Waals surface area contributed by atoms with E-state index in [0.717, 1.165) is 50.6 Å². The number of rotatable bonds is 7. The van der Waals surface area contributed by atoms with Gasteiger partial charge < -0.3 is 25.3 Å². The van der Waals surface area contributed by atoms with Crippen LogP contribution in [-0.2, 0) is 9.59 Å². The van der Waals surface area contributed by atoms with Crippen LogP contribution in [0.1, 0.15) is 20.3 Å². The van der Waals surface area contributed by atoms with Crippen LogP contribution in [0.25, 0.3) is 0 Å². The Morgan fingerprint density at radius 2 is 2.03 bits per heavy atom. The molecule has 31 heavy (non-hydrogen) atoms. The van der Waals surface area contributed by atoms with Gasteiger partial charge in [-0.05, 0) is 20.4 Å². The highest BCUT2D eigenvalue weighted by molar-refractivity contribution is 8.03. The summed E-state index contributed by atoms with van der Waals surface area (Å²) in [7, 11) is 2.16. The first-order valence-electron chi connectivity index (χ1n) is 11.2. The Hall–Kier alpha value is -1.39. The number of aliphatic hydroxyl groups excluding tert-OH is 1. The molecule has 4 heterocycles. The summed E-state index contributed by atoms with van der Waals surface area (Å²) in [5.74, 6) is -1.90. The minimum atomic E-state index is -1.05. The lowest BCUT2D eigenvalue weighted by atomic mass is 9.79. The summed E-state index contributed by atoms with van der Waals surface area (Å²) in [6, 6.07) is 0.0502. The van der Waals surface area contributed by atoms with Crippen LogP contribution in [0.2, 0.25) is 0 Å². The molecular weight excluding hydrogens is 416 g/mol. The highest BCUT2D eigenvalue weighted by atomic mass is 32.2. The zero-order valence-corrected chi connectivity index (χ0v) is 19.3. The van der Waals surface area contributed by atoms with Crippen molar-refractivity contribution in [2.45, 2.75) is 43.7 Å². The molecule has 0 radical (unpaired) electrons. The summed E-state index contributed by atoms with van der Waals surface area (Å²) < 4.78 is 0. The number of piperazine rings is 1. The van der Waals surface area contributed by atoms with Crippen molar-refractivity contribution < 1.29 is 19.8 Å². The van der Waals surface area contributed by atoms with Crippen molar-refractivity contribution in [3.05, 3.63) is 22.8 Å². The fourth-order valence-corrected chi connectivity index (χ4v) is 6.73. The highest BCUT2D eigenvalue weighted by Gasteiger charge is 2.60. The molecule has 4 rings (SSSR count). The maximum absolute atomic E-state index is 12.5. The maximum Gasteiger partial charge on any atom is 0.353 e. The van der Waals surface area contributed by atoms with E-state index in [-0.39, 0.29) is 28.8 Å². The van der Waals surface area contributed by atoms with E-state index in [4.69, 9.17) is 0 Å². The number of carboxylic acids is 1. The molecule has 4 aliphatic rings. The molecule has 0 aromatic heterocycles. The van der Waals surface area contributed by atoms with Crippen LogP contribution in [0, 0.1) is 11.8 Å². The lowest BCUT2D eigenvalue weighted by molar-refractivity contribution is -0.163. The van der Waals surface area contributed by atoms with Gasteiger partial charge in [0.05, 0.1) is 18.1 Å². The average Bonchev–Trinajstić information content (AvgIpc) is 3.25. The molecule has 0 unspecified atom stereocenters. The molecule has 3 fully saturated rings. The summed E-state index contributed by atoms with van der Waals surface area (Å²) in [6.07, 6.45) is 4.65. The van der Waals surface area contributed by atoms with Gasteiger partial charge in [0.25, 0.3) is 0 Å². The average molecular weight is 451 g/mol. The Morgan fingerprint density at radius 3 is 2.68 bits per heavy atom. The topological polar surface area (TPSA) is 96.3 Å². The van der Waals surface area contributed by atoms with E-state index in [1.807, 2.05) is 6.92 Å². The molecule has 4 aliphatic heterocycles. The molecule has 0 spiro atoms. The number of nitrogens with one attached hydrogen (secondary N) is 1. The minimum Gasteiger partial charge on any atom is -0.477 e. The number of carbonyl (C=O) groups is 2. The molecule has 1 amide bonds. The number of β-lactam (4-membered cyclic amide) rings is 1. The highest BCUT2D eigenvalue weighted by Crippen LogP contribution is 2.51. The van der Waals surface area contributed by atoms with Crippen LogP contribution >= 0.6 is 11.8 Å². The molecular formula is C22H34N4O4S. The monoisotopic (exact) mass is 450 g/mol. The number of nitrogens with zero attached hydrogens (tertiary/aromatic N) is 3. The zero-order chi connectivity index (χ0) is 22.3. The van der Waals surface area contributed by atoms with Gasteiger partial charge in [-0.3, -0.25) is 9.69 Å². The first-order chi connectivity index (χ1) is 14.8. The Balaban J connectivity index is 1.34. The van der Waals surface area contributed by atoms with Crippen LogP contribution in [0.15, 0.2) is 22.8 Å². The van der Waals surface area contributed by atoms with E-state index < -0.39 is 18.0 Å². The minimum absolute atomic E-state index is 0.0692. The van der Waals surface area contributed by atoms with Gasteiger partial charge in [-0.25, -0.2) is 4.79 Å². The van der Waals surface area contributed by atoms with Crippen LogP contribution in [0.4, 0.5) is 0 Å². The number of carboxylic acid groups (broad SMARTS) is 1. The van der Waals surface area contributed by atoms with Crippen molar-refractivity contribution in [2.24, 2.45) is 11.8 Å². The molecule has 8 nitrogen and oxygen atoms in total. The summed E-state index contributed by atoms with van der Waals surface area (Å²) in [4.78, 5) is 31.4. The fraction of sp³-hybridized carbons (Fsp3) is 0.727. The van der Waals surface area contributed by atoms with Crippen LogP contribution < -0.4 is 5.32 Å². The molecule has 0 aromatic rings. The third-order valence-corrected chi connectivity index (χ3v) is 8.57. The molecule has 0 aromatic carbocycles. The SMILES string of the molecule is C[C@@H](O)[C@H]1C(=O)N2C(C(=O)O)=C(S[C@@H]3CN[C@H](/C=C\CN4CCN(C)CC4)C3)[C@H](C)[C@H]12. The van der Waals surface area contributed by atoms with Crippen molar-refractivity contribution in [1.82, 2.24) is 20.0 Å². The Labute approximate surface area is 188 Å². The number of aliphatic hydroxyl groups is 1. The Morgan fingerprint density at radius 1 is 1.32 bits per heavy atom. The molecule has 0 saturated carbocycles. The summed E-state index contributed by atoms with van der Waals surface area (Å²) in [5, 5.41) is 23.6. The number of hydrogen-bond acceptors (Lipinski definition) is 7. The van der Waals surface area contributed by atoms with Gasteiger partial charge in [-0.2, -0.15) is 0 Å². The molecule has 0 aliphatic carbocycles. The predicted molar refractivity (Wildman–Crippen MR) is 120 cm³/mol. The van der Waals surface area contributed by atoms with Gasteiger partial charge in [0, 0.05) is 61.4 Å². The zero-order valence-electron chi connectivity index (χ0n) is 18.5. The Bertz CT molecular complexity index is 777. The van der Waals surface area contributed by atoms with Crippen molar-refractivity contribution in [3.63, 3.8) is 0 Å². The van der Waals surface area contributed by atoms with E-state index in [9.17, 15) is 19.8 Å². The molecule has 9 heteroatoms. The second-order valence-corrected chi connectivity index (χ2v) is 10.6. The van der Waals surface area contributed by atoms with E-state index >= 15 is 0 Å². The standard InChI is InChI=1S/C22H34N4O4S/c1-13-18-17(14(2)27)21(28)26(18)19(22(29)30)20(13)31-16-11-15(23-12-16)5-4-6-25-9-7-24(3)8-10-25/h4-5,13-18,23,27H,6-12H2,1-3H3,(H,29,30)/b5-4-/t13-,14-,15-,16+,17-,18-/m1/s1. The third-order valence-electron chi connectivity index (χ3n) is 7.06. The molecule has 3 N–H and O–H groups in total. The first-order valence-corrected chi connectivity index (χ1v) is 12.1. The smallest absolute Gasteiger partial charge is 0.353 e.